The van der Waals surface area contributed by atoms with Crippen molar-refractivity contribution < 1.29 is 4.92 Å². The van der Waals surface area contributed by atoms with Crippen molar-refractivity contribution in [2.75, 3.05) is 11.9 Å². The summed E-state index contributed by atoms with van der Waals surface area (Å²) in [7, 11) is 0. The molecule has 0 bridgehead atoms. The van der Waals surface area contributed by atoms with Crippen LogP contribution in [-0.4, -0.2) is 22.5 Å². The first-order valence-corrected chi connectivity index (χ1v) is 6.14. The van der Waals surface area contributed by atoms with E-state index in [1.165, 1.54) is 12.1 Å². The summed E-state index contributed by atoms with van der Waals surface area (Å²) < 4.78 is 0. The van der Waals surface area contributed by atoms with Crippen LogP contribution in [0.1, 0.15) is 31.9 Å². The summed E-state index contributed by atoms with van der Waals surface area (Å²) in [6.45, 7) is 2.53. The number of rotatable bonds is 7. The molecule has 0 spiro atoms. The number of hydrogen-bond donors (Lipinski definition) is 2. The van der Waals surface area contributed by atoms with Gasteiger partial charge in [-0.2, -0.15) is 5.26 Å². The second kappa shape index (κ2) is 7.28. The van der Waals surface area contributed by atoms with Gasteiger partial charge in [0.25, 0.3) is 0 Å². The third kappa shape index (κ3) is 4.19. The minimum atomic E-state index is -0.618. The highest BCUT2D eigenvalue weighted by molar-refractivity contribution is 5.50. The number of anilines is 1. The van der Waals surface area contributed by atoms with Gasteiger partial charge in [0, 0.05) is 18.7 Å². The third-order valence-electron chi connectivity index (χ3n) is 2.72. The number of unbranched alkanes of at least 4 members (excludes halogenated alkanes) is 1. The third-order valence-corrected chi connectivity index (χ3v) is 2.72. The van der Waals surface area contributed by atoms with Crippen LogP contribution in [0, 0.1) is 21.4 Å². The molecule has 3 N–H and O–H groups in total. The van der Waals surface area contributed by atoms with Crippen molar-refractivity contribution in [2.45, 2.75) is 32.2 Å². The van der Waals surface area contributed by atoms with Crippen LogP contribution in [0.15, 0.2) is 12.1 Å². The van der Waals surface area contributed by atoms with Crippen LogP contribution in [0.3, 0.4) is 0 Å². The van der Waals surface area contributed by atoms with Crippen LogP contribution in [-0.2, 0) is 0 Å². The highest BCUT2D eigenvalue weighted by Crippen LogP contribution is 2.19. The van der Waals surface area contributed by atoms with E-state index in [0.717, 1.165) is 19.3 Å². The van der Waals surface area contributed by atoms with Gasteiger partial charge in [0.1, 0.15) is 11.9 Å². The smallest absolute Gasteiger partial charge is 0.305 e. The monoisotopic (exact) mass is 263 g/mol. The fourth-order valence-corrected chi connectivity index (χ4v) is 1.67. The second-order valence-corrected chi connectivity index (χ2v) is 4.15. The topological polar surface area (TPSA) is 118 Å². The Hall–Kier alpha value is -2.20. The zero-order valence-corrected chi connectivity index (χ0v) is 10.8. The highest BCUT2D eigenvalue weighted by Gasteiger charge is 2.16. The van der Waals surface area contributed by atoms with E-state index < -0.39 is 4.92 Å². The van der Waals surface area contributed by atoms with Gasteiger partial charge >= 0.3 is 5.69 Å². The SMILES string of the molecule is CCCCC(CN)Nc1ccc([N+](=O)[O-])c(C#N)n1. The summed E-state index contributed by atoms with van der Waals surface area (Å²) in [5.41, 5.74) is 5.17. The number of nitrogens with zero attached hydrogens (tertiary/aromatic N) is 3. The number of nitriles is 1. The Balaban J connectivity index is 2.85. The molecule has 0 saturated carbocycles. The van der Waals surface area contributed by atoms with Gasteiger partial charge in [0.05, 0.1) is 4.92 Å². The average molecular weight is 263 g/mol. The molecule has 1 rings (SSSR count). The van der Waals surface area contributed by atoms with Gasteiger partial charge in [0.2, 0.25) is 5.69 Å². The normalized spacial score (nSPS) is 11.6. The number of pyridine rings is 1. The summed E-state index contributed by atoms with van der Waals surface area (Å²) in [4.78, 5) is 14.0. The molecular weight excluding hydrogens is 246 g/mol. The summed E-state index contributed by atoms with van der Waals surface area (Å²) in [5, 5.41) is 22.6. The molecule has 7 heteroatoms. The van der Waals surface area contributed by atoms with Gasteiger partial charge in [-0.15, -0.1) is 0 Å². The van der Waals surface area contributed by atoms with Crippen molar-refractivity contribution in [3.8, 4) is 6.07 Å². The highest BCUT2D eigenvalue weighted by atomic mass is 16.6. The number of aromatic nitrogens is 1. The number of nitrogens with one attached hydrogen (secondary N) is 1. The van der Waals surface area contributed by atoms with Crippen LogP contribution < -0.4 is 11.1 Å². The number of nitrogens with two attached hydrogens (primary N) is 1. The summed E-state index contributed by atoms with van der Waals surface area (Å²) in [6, 6.07) is 4.56. The molecule has 19 heavy (non-hydrogen) atoms. The van der Waals surface area contributed by atoms with E-state index in [1.54, 1.807) is 6.07 Å². The van der Waals surface area contributed by atoms with E-state index in [4.69, 9.17) is 11.0 Å². The summed E-state index contributed by atoms with van der Waals surface area (Å²) in [5.74, 6) is 0.439. The fourth-order valence-electron chi connectivity index (χ4n) is 1.67. The average Bonchev–Trinajstić information content (AvgIpc) is 2.42. The van der Waals surface area contributed by atoms with Crippen molar-refractivity contribution in [3.05, 3.63) is 27.9 Å². The van der Waals surface area contributed by atoms with Crippen LogP contribution in [0.25, 0.3) is 0 Å². The van der Waals surface area contributed by atoms with Crippen molar-refractivity contribution >= 4 is 11.5 Å². The lowest BCUT2D eigenvalue weighted by molar-refractivity contribution is -0.385. The van der Waals surface area contributed by atoms with E-state index in [2.05, 4.69) is 17.2 Å². The lowest BCUT2D eigenvalue weighted by Gasteiger charge is -2.16. The Morgan fingerprint density at radius 2 is 2.37 bits per heavy atom. The maximum Gasteiger partial charge on any atom is 0.305 e. The molecule has 1 aromatic heterocycles. The first-order chi connectivity index (χ1) is 9.12. The van der Waals surface area contributed by atoms with Gasteiger partial charge in [-0.05, 0) is 12.5 Å². The molecular formula is C12H17N5O2. The predicted octanol–water partition coefficient (Wildman–Crippen LogP) is 1.79. The van der Waals surface area contributed by atoms with Gasteiger partial charge in [0.15, 0.2) is 0 Å². The lowest BCUT2D eigenvalue weighted by Crippen LogP contribution is -2.29. The first kappa shape index (κ1) is 14.9. The molecule has 1 aromatic rings. The summed E-state index contributed by atoms with van der Waals surface area (Å²) >= 11 is 0. The first-order valence-electron chi connectivity index (χ1n) is 6.14. The standard InChI is InChI=1S/C12H17N5O2/c1-2-3-4-9(7-13)15-12-6-5-11(17(18)19)10(8-14)16-12/h5-6,9H,2-4,7,13H2,1H3,(H,15,16). The van der Waals surface area contributed by atoms with Crippen LogP contribution in [0.2, 0.25) is 0 Å². The molecule has 0 fully saturated rings. The molecule has 1 heterocycles. The largest absolute Gasteiger partial charge is 0.366 e. The van der Waals surface area contributed by atoms with E-state index in [0.29, 0.717) is 12.4 Å². The van der Waals surface area contributed by atoms with Gasteiger partial charge in [-0.25, -0.2) is 4.98 Å². The second-order valence-electron chi connectivity index (χ2n) is 4.15. The maximum absolute atomic E-state index is 10.7. The van der Waals surface area contributed by atoms with Gasteiger partial charge in [-0.1, -0.05) is 19.8 Å². The molecule has 0 aliphatic heterocycles. The molecule has 1 unspecified atom stereocenters. The minimum absolute atomic E-state index is 0.0560. The zero-order valence-electron chi connectivity index (χ0n) is 10.8. The summed E-state index contributed by atoms with van der Waals surface area (Å²) in [6.07, 6.45) is 3.00. The fraction of sp³-hybridized carbons (Fsp3) is 0.500. The molecule has 0 aromatic carbocycles. The number of nitro groups is 1. The van der Waals surface area contributed by atoms with Crippen molar-refractivity contribution in [1.82, 2.24) is 4.98 Å². The van der Waals surface area contributed by atoms with Crippen molar-refractivity contribution in [3.63, 3.8) is 0 Å². The molecule has 1 atom stereocenters. The van der Waals surface area contributed by atoms with E-state index in [-0.39, 0.29) is 17.4 Å². The number of hydrogen-bond acceptors (Lipinski definition) is 6. The lowest BCUT2D eigenvalue weighted by atomic mass is 10.1. The molecule has 0 aliphatic rings. The molecule has 102 valence electrons. The Morgan fingerprint density at radius 3 is 2.89 bits per heavy atom. The van der Waals surface area contributed by atoms with Crippen molar-refractivity contribution in [1.29, 1.82) is 5.26 Å². The van der Waals surface area contributed by atoms with Crippen molar-refractivity contribution in [2.24, 2.45) is 5.73 Å². The predicted molar refractivity (Wildman–Crippen MR) is 71.6 cm³/mol. The van der Waals surface area contributed by atoms with Crippen LogP contribution >= 0.6 is 0 Å². The quantitative estimate of drug-likeness (QED) is 0.572. The minimum Gasteiger partial charge on any atom is -0.366 e. The van der Waals surface area contributed by atoms with E-state index >= 15 is 0 Å². The Labute approximate surface area is 111 Å². The van der Waals surface area contributed by atoms with Gasteiger partial charge < -0.3 is 11.1 Å². The zero-order chi connectivity index (χ0) is 14.3. The van der Waals surface area contributed by atoms with Crippen LogP contribution in [0.5, 0.6) is 0 Å². The van der Waals surface area contributed by atoms with E-state index in [9.17, 15) is 10.1 Å². The molecule has 0 radical (unpaired) electrons. The van der Waals surface area contributed by atoms with Gasteiger partial charge in [-0.3, -0.25) is 10.1 Å². The van der Waals surface area contributed by atoms with Crippen LogP contribution in [0.4, 0.5) is 11.5 Å². The maximum atomic E-state index is 10.7. The molecule has 7 nitrogen and oxygen atoms in total. The Kier molecular flexibility index (Phi) is 5.70. The van der Waals surface area contributed by atoms with E-state index in [1.807, 2.05) is 0 Å². The Bertz CT molecular complexity index is 483. The molecule has 0 amide bonds. The molecule has 0 saturated heterocycles. The Morgan fingerprint density at radius 1 is 1.63 bits per heavy atom. The molecule has 0 aliphatic carbocycles.